The molecule has 0 atom stereocenters. The van der Waals surface area contributed by atoms with Crippen molar-refractivity contribution in [3.8, 4) is 0 Å². The van der Waals surface area contributed by atoms with E-state index in [1.807, 2.05) is 0 Å². The Morgan fingerprint density at radius 1 is 1.06 bits per heavy atom. The molecule has 3 rings (SSSR count). The number of aromatic nitrogens is 2. The molecule has 0 fully saturated rings. The monoisotopic (exact) mass is 224 g/mol. The van der Waals surface area contributed by atoms with Gasteiger partial charge in [0.2, 0.25) is 0 Å². The molecular formula is C13H8N2O2. The standard InChI is InChI=1S/C13H8N2O2/c16-12-8-3-1-2-4-9(8)13(17)11(12)10-7-14-5-6-15-10/h1-7,16H. The van der Waals surface area contributed by atoms with Gasteiger partial charge in [0, 0.05) is 23.5 Å². The molecule has 4 heteroatoms. The zero-order valence-electron chi connectivity index (χ0n) is 8.79. The number of carbonyl (C=O) groups excluding carboxylic acids is 1. The first-order valence-electron chi connectivity index (χ1n) is 5.13. The second kappa shape index (κ2) is 3.52. The third kappa shape index (κ3) is 1.34. The molecule has 0 aliphatic heterocycles. The van der Waals surface area contributed by atoms with E-state index in [-0.39, 0.29) is 17.1 Å². The van der Waals surface area contributed by atoms with Crippen LogP contribution in [0.3, 0.4) is 0 Å². The van der Waals surface area contributed by atoms with E-state index < -0.39 is 0 Å². The van der Waals surface area contributed by atoms with Crippen LogP contribution in [0.25, 0.3) is 11.3 Å². The summed E-state index contributed by atoms with van der Waals surface area (Å²) >= 11 is 0. The Morgan fingerprint density at radius 3 is 2.47 bits per heavy atom. The van der Waals surface area contributed by atoms with Gasteiger partial charge >= 0.3 is 0 Å². The summed E-state index contributed by atoms with van der Waals surface area (Å²) in [4.78, 5) is 20.1. The van der Waals surface area contributed by atoms with Crippen molar-refractivity contribution < 1.29 is 9.90 Å². The largest absolute Gasteiger partial charge is 0.506 e. The second-order valence-electron chi connectivity index (χ2n) is 3.69. The number of rotatable bonds is 1. The van der Waals surface area contributed by atoms with Crippen molar-refractivity contribution in [1.82, 2.24) is 9.97 Å². The van der Waals surface area contributed by atoms with Crippen molar-refractivity contribution in [2.24, 2.45) is 0 Å². The highest BCUT2D eigenvalue weighted by Crippen LogP contribution is 2.35. The number of aliphatic hydroxyl groups is 1. The first kappa shape index (κ1) is 9.72. The summed E-state index contributed by atoms with van der Waals surface area (Å²) in [5.74, 6) is -0.232. The lowest BCUT2D eigenvalue weighted by atomic mass is 10.1. The van der Waals surface area contributed by atoms with Crippen LogP contribution in [0.15, 0.2) is 42.9 Å². The highest BCUT2D eigenvalue weighted by Gasteiger charge is 2.30. The number of carbonyl (C=O) groups is 1. The highest BCUT2D eigenvalue weighted by atomic mass is 16.3. The van der Waals surface area contributed by atoms with Crippen LogP contribution in [-0.2, 0) is 0 Å². The van der Waals surface area contributed by atoms with E-state index in [0.29, 0.717) is 16.8 Å². The molecule has 82 valence electrons. The van der Waals surface area contributed by atoms with Gasteiger partial charge in [0.25, 0.3) is 0 Å². The van der Waals surface area contributed by atoms with E-state index in [1.165, 1.54) is 18.6 Å². The van der Waals surface area contributed by atoms with E-state index in [9.17, 15) is 9.90 Å². The van der Waals surface area contributed by atoms with Gasteiger partial charge in [-0.15, -0.1) is 0 Å². The van der Waals surface area contributed by atoms with E-state index in [0.717, 1.165) is 0 Å². The third-order valence-corrected chi connectivity index (χ3v) is 2.71. The van der Waals surface area contributed by atoms with Crippen molar-refractivity contribution in [3.05, 3.63) is 59.7 Å². The van der Waals surface area contributed by atoms with Crippen LogP contribution in [-0.4, -0.2) is 20.9 Å². The van der Waals surface area contributed by atoms with Gasteiger partial charge in [-0.1, -0.05) is 24.3 Å². The lowest BCUT2D eigenvalue weighted by molar-refractivity contribution is 0.105. The zero-order chi connectivity index (χ0) is 11.8. The number of ketones is 1. The lowest BCUT2D eigenvalue weighted by Crippen LogP contribution is -2.00. The fourth-order valence-corrected chi connectivity index (χ4v) is 1.93. The predicted octanol–water partition coefficient (Wildman–Crippen LogP) is 2.10. The summed E-state index contributed by atoms with van der Waals surface area (Å²) in [6, 6.07) is 6.95. The average Bonchev–Trinajstić information content (AvgIpc) is 2.64. The average molecular weight is 224 g/mol. The van der Waals surface area contributed by atoms with E-state index in [4.69, 9.17) is 0 Å². The Labute approximate surface area is 97.3 Å². The van der Waals surface area contributed by atoms with Crippen molar-refractivity contribution in [2.75, 3.05) is 0 Å². The van der Waals surface area contributed by atoms with Gasteiger partial charge in [0.05, 0.1) is 17.5 Å². The lowest BCUT2D eigenvalue weighted by Gasteiger charge is -1.99. The molecule has 2 aromatic rings. The van der Waals surface area contributed by atoms with Crippen molar-refractivity contribution in [2.45, 2.75) is 0 Å². The minimum Gasteiger partial charge on any atom is -0.506 e. The number of hydrogen-bond acceptors (Lipinski definition) is 4. The van der Waals surface area contributed by atoms with Crippen LogP contribution in [0.4, 0.5) is 0 Å². The molecule has 0 bridgehead atoms. The Kier molecular flexibility index (Phi) is 2.01. The molecule has 1 heterocycles. The summed E-state index contributed by atoms with van der Waals surface area (Å²) < 4.78 is 0. The summed E-state index contributed by atoms with van der Waals surface area (Å²) in [6.07, 6.45) is 4.48. The van der Waals surface area contributed by atoms with Gasteiger partial charge in [-0.25, -0.2) is 0 Å². The molecule has 0 spiro atoms. The zero-order valence-corrected chi connectivity index (χ0v) is 8.79. The van der Waals surface area contributed by atoms with Gasteiger partial charge in [-0.05, 0) is 0 Å². The van der Waals surface area contributed by atoms with E-state index in [1.54, 1.807) is 24.3 Å². The molecule has 1 aliphatic carbocycles. The van der Waals surface area contributed by atoms with Crippen molar-refractivity contribution >= 4 is 17.1 Å². The van der Waals surface area contributed by atoms with Crippen molar-refractivity contribution in [3.63, 3.8) is 0 Å². The van der Waals surface area contributed by atoms with Crippen LogP contribution >= 0.6 is 0 Å². The van der Waals surface area contributed by atoms with E-state index in [2.05, 4.69) is 9.97 Å². The summed E-state index contributed by atoms with van der Waals surface area (Å²) in [6.45, 7) is 0. The molecular weight excluding hydrogens is 216 g/mol. The van der Waals surface area contributed by atoms with Crippen LogP contribution in [0.5, 0.6) is 0 Å². The number of fused-ring (bicyclic) bond motifs is 1. The first-order chi connectivity index (χ1) is 8.29. The minimum atomic E-state index is -0.210. The number of nitrogens with zero attached hydrogens (tertiary/aromatic N) is 2. The Balaban J connectivity index is 2.22. The van der Waals surface area contributed by atoms with Crippen LogP contribution in [0, 0.1) is 0 Å². The normalized spacial score (nSPS) is 14.0. The molecule has 1 aliphatic rings. The fourth-order valence-electron chi connectivity index (χ4n) is 1.93. The molecule has 1 aromatic carbocycles. The third-order valence-electron chi connectivity index (χ3n) is 2.71. The van der Waals surface area contributed by atoms with Crippen molar-refractivity contribution in [1.29, 1.82) is 0 Å². The molecule has 0 radical (unpaired) electrons. The number of hydrogen-bond donors (Lipinski definition) is 1. The second-order valence-corrected chi connectivity index (χ2v) is 3.69. The van der Waals surface area contributed by atoms with Crippen LogP contribution < -0.4 is 0 Å². The molecule has 0 saturated carbocycles. The topological polar surface area (TPSA) is 63.1 Å². The van der Waals surface area contributed by atoms with Gasteiger partial charge in [-0.3, -0.25) is 14.8 Å². The quantitative estimate of drug-likeness (QED) is 0.805. The Hall–Kier alpha value is -2.49. The predicted molar refractivity (Wildman–Crippen MR) is 62.2 cm³/mol. The number of aliphatic hydroxyl groups excluding tert-OH is 1. The number of Topliss-reactive ketones (excluding diaryl/α,β-unsaturated/α-hetero) is 1. The first-order valence-corrected chi connectivity index (χ1v) is 5.13. The summed E-state index contributed by atoms with van der Waals surface area (Å²) in [7, 11) is 0. The molecule has 4 nitrogen and oxygen atoms in total. The van der Waals surface area contributed by atoms with Gasteiger partial charge in [0.15, 0.2) is 5.78 Å². The van der Waals surface area contributed by atoms with Gasteiger partial charge in [-0.2, -0.15) is 0 Å². The molecule has 17 heavy (non-hydrogen) atoms. The maximum atomic E-state index is 12.1. The molecule has 1 aromatic heterocycles. The molecule has 0 amide bonds. The molecule has 0 unspecified atom stereocenters. The minimum absolute atomic E-state index is 0.0221. The Morgan fingerprint density at radius 2 is 1.82 bits per heavy atom. The Bertz CT molecular complexity index is 633. The molecule has 1 N–H and O–H groups in total. The highest BCUT2D eigenvalue weighted by molar-refractivity contribution is 6.38. The number of benzene rings is 1. The van der Waals surface area contributed by atoms with Gasteiger partial charge < -0.3 is 5.11 Å². The summed E-state index contributed by atoms with van der Waals surface area (Å²) in [5, 5.41) is 10.1. The van der Waals surface area contributed by atoms with E-state index >= 15 is 0 Å². The maximum absolute atomic E-state index is 12.1. The molecule has 0 saturated heterocycles. The van der Waals surface area contributed by atoms with Crippen LogP contribution in [0.2, 0.25) is 0 Å². The SMILES string of the molecule is O=C1C(c2cnccn2)=C(O)c2ccccc21. The smallest absolute Gasteiger partial charge is 0.199 e. The summed E-state index contributed by atoms with van der Waals surface area (Å²) in [5.41, 5.74) is 1.68. The van der Waals surface area contributed by atoms with Gasteiger partial charge in [0.1, 0.15) is 5.76 Å². The number of allylic oxidation sites excluding steroid dienone is 1. The maximum Gasteiger partial charge on any atom is 0.199 e. The van der Waals surface area contributed by atoms with Crippen LogP contribution in [0.1, 0.15) is 21.6 Å². The fraction of sp³-hybridized carbons (Fsp3) is 0.